The standard InChI is InChI=1S/C27H26FN7S/c1-17(2)33-8-6-23(7-9-33)35-18(3)24(15-32-35)20-11-26(27-21(13-30)14-31-34(27)16-20)36-25-5-4-22(28)10-19(25)12-29/h4-5,10-11,14-17,23H,6-9H2,1-3H3. The topological polar surface area (TPSA) is 85.9 Å². The van der Waals surface area contributed by atoms with Crippen molar-refractivity contribution in [1.82, 2.24) is 24.3 Å². The highest BCUT2D eigenvalue weighted by Gasteiger charge is 2.25. The van der Waals surface area contributed by atoms with E-state index in [9.17, 15) is 14.9 Å². The van der Waals surface area contributed by atoms with Crippen LogP contribution in [-0.4, -0.2) is 43.4 Å². The van der Waals surface area contributed by atoms with Gasteiger partial charge in [0, 0.05) is 51.9 Å². The molecule has 1 saturated heterocycles. The number of nitriles is 2. The summed E-state index contributed by atoms with van der Waals surface area (Å²) < 4.78 is 17.6. The number of fused-ring (bicyclic) bond motifs is 1. The van der Waals surface area contributed by atoms with Crippen molar-refractivity contribution < 1.29 is 4.39 Å². The van der Waals surface area contributed by atoms with Crippen LogP contribution in [0.4, 0.5) is 4.39 Å². The zero-order valence-corrected chi connectivity index (χ0v) is 21.3. The number of nitrogens with zero attached hydrogens (tertiary/aromatic N) is 7. The highest BCUT2D eigenvalue weighted by molar-refractivity contribution is 7.99. The van der Waals surface area contributed by atoms with Crippen molar-refractivity contribution in [2.45, 2.75) is 55.5 Å². The zero-order chi connectivity index (χ0) is 25.4. The number of pyridine rings is 1. The average Bonchev–Trinajstić information content (AvgIpc) is 3.48. The van der Waals surface area contributed by atoms with Gasteiger partial charge in [-0.1, -0.05) is 11.8 Å². The van der Waals surface area contributed by atoms with Crippen molar-refractivity contribution in [2.75, 3.05) is 13.1 Å². The van der Waals surface area contributed by atoms with Crippen LogP contribution < -0.4 is 0 Å². The summed E-state index contributed by atoms with van der Waals surface area (Å²) in [5, 5.41) is 28.3. The fourth-order valence-electron chi connectivity index (χ4n) is 4.91. The molecule has 4 heterocycles. The molecule has 1 aliphatic heterocycles. The number of hydrogen-bond donors (Lipinski definition) is 0. The number of benzene rings is 1. The van der Waals surface area contributed by atoms with Crippen LogP contribution in [0, 0.1) is 35.4 Å². The summed E-state index contributed by atoms with van der Waals surface area (Å²) in [6.45, 7) is 8.69. The molecule has 0 spiro atoms. The molecule has 0 amide bonds. The number of piperidine rings is 1. The monoisotopic (exact) mass is 499 g/mol. The Bertz CT molecular complexity index is 1510. The van der Waals surface area contributed by atoms with Crippen LogP contribution in [0.25, 0.3) is 16.6 Å². The van der Waals surface area contributed by atoms with E-state index in [-0.39, 0.29) is 5.56 Å². The lowest BCUT2D eigenvalue weighted by molar-refractivity contribution is 0.146. The fraction of sp³-hybridized carbons (Fsp3) is 0.333. The average molecular weight is 500 g/mol. The molecule has 0 atom stereocenters. The predicted octanol–water partition coefficient (Wildman–Crippen LogP) is 5.59. The molecule has 182 valence electrons. The summed E-state index contributed by atoms with van der Waals surface area (Å²) in [6.07, 6.45) is 7.47. The minimum Gasteiger partial charge on any atom is -0.301 e. The SMILES string of the molecule is Cc1c(-c2cc(Sc3ccc(F)cc3C#N)c3c(C#N)cnn3c2)cnn1C1CCN(C(C)C)CC1. The minimum absolute atomic E-state index is 0.248. The molecule has 0 saturated carbocycles. The van der Waals surface area contributed by atoms with Gasteiger partial charge in [-0.15, -0.1) is 0 Å². The molecule has 0 bridgehead atoms. The Morgan fingerprint density at radius 2 is 1.78 bits per heavy atom. The van der Waals surface area contributed by atoms with Crippen LogP contribution in [0.2, 0.25) is 0 Å². The zero-order valence-electron chi connectivity index (χ0n) is 20.4. The molecule has 5 rings (SSSR count). The Hall–Kier alpha value is -3.66. The van der Waals surface area contributed by atoms with Crippen molar-refractivity contribution in [1.29, 1.82) is 10.5 Å². The van der Waals surface area contributed by atoms with Crippen LogP contribution >= 0.6 is 11.8 Å². The molecule has 0 aliphatic carbocycles. The second kappa shape index (κ2) is 9.77. The quantitative estimate of drug-likeness (QED) is 0.356. The first kappa shape index (κ1) is 24.1. The molecular formula is C27H26FN7S. The Morgan fingerprint density at radius 3 is 2.47 bits per heavy atom. The minimum atomic E-state index is -0.459. The van der Waals surface area contributed by atoms with Gasteiger partial charge < -0.3 is 4.90 Å². The Morgan fingerprint density at radius 1 is 1.03 bits per heavy atom. The smallest absolute Gasteiger partial charge is 0.124 e. The van der Waals surface area contributed by atoms with Gasteiger partial charge in [0.2, 0.25) is 0 Å². The number of aromatic nitrogens is 4. The number of rotatable bonds is 5. The van der Waals surface area contributed by atoms with Crippen molar-refractivity contribution >= 4 is 17.3 Å². The second-order valence-electron chi connectivity index (χ2n) is 9.36. The van der Waals surface area contributed by atoms with E-state index in [4.69, 9.17) is 5.10 Å². The van der Waals surface area contributed by atoms with E-state index in [0.717, 1.165) is 47.6 Å². The Kier molecular flexibility index (Phi) is 6.53. The van der Waals surface area contributed by atoms with E-state index in [0.29, 0.717) is 28.1 Å². The largest absolute Gasteiger partial charge is 0.301 e. The maximum absolute atomic E-state index is 13.7. The van der Waals surface area contributed by atoms with Crippen LogP contribution in [0.5, 0.6) is 0 Å². The first-order valence-electron chi connectivity index (χ1n) is 12.0. The van der Waals surface area contributed by atoms with Gasteiger partial charge in [0.15, 0.2) is 0 Å². The van der Waals surface area contributed by atoms with E-state index in [1.54, 1.807) is 10.6 Å². The van der Waals surface area contributed by atoms with Crippen LogP contribution in [0.3, 0.4) is 0 Å². The summed E-state index contributed by atoms with van der Waals surface area (Å²) in [5.74, 6) is -0.459. The number of likely N-dealkylation sites (tertiary alicyclic amines) is 1. The summed E-state index contributed by atoms with van der Waals surface area (Å²) in [4.78, 5) is 3.89. The molecule has 7 nitrogen and oxygen atoms in total. The van der Waals surface area contributed by atoms with E-state index in [1.165, 1.54) is 30.1 Å². The molecular weight excluding hydrogens is 473 g/mol. The predicted molar refractivity (Wildman–Crippen MR) is 136 cm³/mol. The van der Waals surface area contributed by atoms with Gasteiger partial charge in [0.05, 0.1) is 35.1 Å². The molecule has 1 aromatic carbocycles. The third-order valence-corrected chi connectivity index (χ3v) is 8.02. The van der Waals surface area contributed by atoms with Crippen molar-refractivity contribution in [3.8, 4) is 23.3 Å². The number of hydrogen-bond acceptors (Lipinski definition) is 6. The van der Waals surface area contributed by atoms with Gasteiger partial charge in [-0.05, 0) is 57.9 Å². The Labute approximate surface area is 213 Å². The summed E-state index contributed by atoms with van der Waals surface area (Å²) in [6, 6.07) is 11.3. The maximum Gasteiger partial charge on any atom is 0.124 e. The lowest BCUT2D eigenvalue weighted by atomic mass is 10.0. The molecule has 0 unspecified atom stereocenters. The molecule has 0 N–H and O–H groups in total. The fourth-order valence-corrected chi connectivity index (χ4v) is 5.98. The van der Waals surface area contributed by atoms with E-state index in [1.807, 2.05) is 18.5 Å². The molecule has 36 heavy (non-hydrogen) atoms. The maximum atomic E-state index is 13.7. The van der Waals surface area contributed by atoms with Crippen LogP contribution in [-0.2, 0) is 0 Å². The van der Waals surface area contributed by atoms with Crippen molar-refractivity contribution in [2.24, 2.45) is 0 Å². The molecule has 3 aromatic heterocycles. The first-order valence-corrected chi connectivity index (χ1v) is 12.8. The lowest BCUT2D eigenvalue weighted by Gasteiger charge is -2.35. The van der Waals surface area contributed by atoms with E-state index in [2.05, 4.69) is 47.6 Å². The van der Waals surface area contributed by atoms with E-state index >= 15 is 0 Å². The molecule has 4 aromatic rings. The number of halogens is 1. The highest BCUT2D eigenvalue weighted by atomic mass is 32.2. The van der Waals surface area contributed by atoms with Crippen molar-refractivity contribution in [3.05, 3.63) is 65.5 Å². The molecule has 1 fully saturated rings. The molecule has 9 heteroatoms. The summed E-state index contributed by atoms with van der Waals surface area (Å²) >= 11 is 1.33. The third kappa shape index (κ3) is 4.37. The van der Waals surface area contributed by atoms with Gasteiger partial charge in [0.25, 0.3) is 0 Å². The van der Waals surface area contributed by atoms with Gasteiger partial charge in [0.1, 0.15) is 18.0 Å². The lowest BCUT2D eigenvalue weighted by Crippen LogP contribution is -2.39. The van der Waals surface area contributed by atoms with Gasteiger partial charge in [-0.2, -0.15) is 20.7 Å². The summed E-state index contributed by atoms with van der Waals surface area (Å²) in [5.41, 5.74) is 4.35. The molecule has 1 aliphatic rings. The highest BCUT2D eigenvalue weighted by Crippen LogP contribution is 2.38. The Balaban J connectivity index is 1.54. The third-order valence-electron chi connectivity index (χ3n) is 6.91. The van der Waals surface area contributed by atoms with E-state index < -0.39 is 5.82 Å². The van der Waals surface area contributed by atoms with Gasteiger partial charge in [-0.3, -0.25) is 4.68 Å². The van der Waals surface area contributed by atoms with Crippen molar-refractivity contribution in [3.63, 3.8) is 0 Å². The normalized spacial score (nSPS) is 14.9. The first-order chi connectivity index (χ1) is 17.4. The van der Waals surface area contributed by atoms with Crippen LogP contribution in [0.1, 0.15) is 49.6 Å². The van der Waals surface area contributed by atoms with Gasteiger partial charge >= 0.3 is 0 Å². The summed E-state index contributed by atoms with van der Waals surface area (Å²) in [7, 11) is 0. The van der Waals surface area contributed by atoms with Gasteiger partial charge in [-0.25, -0.2) is 8.91 Å². The van der Waals surface area contributed by atoms with Crippen LogP contribution in [0.15, 0.2) is 52.6 Å². The second-order valence-corrected chi connectivity index (χ2v) is 10.4. The molecule has 0 radical (unpaired) electrons.